The van der Waals surface area contributed by atoms with Crippen LogP contribution in [0.3, 0.4) is 0 Å². The highest BCUT2D eigenvalue weighted by molar-refractivity contribution is 6.16. The lowest BCUT2D eigenvalue weighted by Crippen LogP contribution is -2.06. The molecule has 3 aromatic rings. The Morgan fingerprint density at radius 1 is 1.24 bits per heavy atom. The molecule has 0 atom stereocenters. The van der Waals surface area contributed by atoms with Gasteiger partial charge in [-0.25, -0.2) is 9.97 Å². The Balaban J connectivity index is 2.13. The number of aryl methyl sites for hydroxylation is 1. The van der Waals surface area contributed by atoms with E-state index in [-0.39, 0.29) is 0 Å². The van der Waals surface area contributed by atoms with Crippen LogP contribution in [0.2, 0.25) is 0 Å². The average Bonchev–Trinajstić information content (AvgIpc) is 2.87. The molecular weight excluding hydrogens is 286 g/mol. The molecule has 5 heteroatoms. The first-order valence-electron chi connectivity index (χ1n) is 6.73. The number of pyridine rings is 1. The smallest absolute Gasteiger partial charge is 0.160 e. The van der Waals surface area contributed by atoms with Crippen LogP contribution in [-0.4, -0.2) is 21.6 Å². The number of hydrogen-bond donors (Lipinski definition) is 0. The van der Waals surface area contributed by atoms with Crippen LogP contribution in [0.5, 0.6) is 5.75 Å². The summed E-state index contributed by atoms with van der Waals surface area (Å²) in [5, 5.41) is 0. The van der Waals surface area contributed by atoms with Gasteiger partial charge in [0.25, 0.3) is 0 Å². The van der Waals surface area contributed by atoms with E-state index in [0.29, 0.717) is 12.4 Å². The topological polar surface area (TPSA) is 39.9 Å². The van der Waals surface area contributed by atoms with Crippen molar-refractivity contribution >= 4 is 22.8 Å². The van der Waals surface area contributed by atoms with Crippen LogP contribution in [0.25, 0.3) is 11.2 Å². The summed E-state index contributed by atoms with van der Waals surface area (Å²) < 4.78 is 7.47. The summed E-state index contributed by atoms with van der Waals surface area (Å²) in [6.45, 7) is 2.67. The zero-order chi connectivity index (χ0) is 14.8. The highest BCUT2D eigenvalue weighted by Gasteiger charge is 2.14. The van der Waals surface area contributed by atoms with E-state index >= 15 is 0 Å². The molecule has 0 unspecified atom stereocenters. The Labute approximate surface area is 128 Å². The van der Waals surface area contributed by atoms with Crippen molar-refractivity contribution in [2.24, 2.45) is 0 Å². The second-order valence-corrected chi connectivity index (χ2v) is 5.13. The fourth-order valence-electron chi connectivity index (χ4n) is 2.46. The molecule has 0 bridgehead atoms. The van der Waals surface area contributed by atoms with Crippen molar-refractivity contribution in [3.63, 3.8) is 0 Å². The summed E-state index contributed by atoms with van der Waals surface area (Å²) in [5.74, 6) is 2.03. The molecular formula is C16H16ClN3O. The Hall–Kier alpha value is -2.07. The molecule has 21 heavy (non-hydrogen) atoms. The number of imidazole rings is 1. The molecule has 0 saturated heterocycles. The molecule has 3 rings (SSSR count). The van der Waals surface area contributed by atoms with Crippen LogP contribution in [-0.2, 0) is 12.4 Å². The minimum Gasteiger partial charge on any atom is -0.496 e. The van der Waals surface area contributed by atoms with E-state index in [9.17, 15) is 0 Å². The van der Waals surface area contributed by atoms with Crippen LogP contribution in [0.1, 0.15) is 17.0 Å². The van der Waals surface area contributed by atoms with Gasteiger partial charge < -0.3 is 9.30 Å². The molecule has 0 aliphatic rings. The first-order valence-corrected chi connectivity index (χ1v) is 7.26. The maximum Gasteiger partial charge on any atom is 0.160 e. The molecule has 4 nitrogen and oxygen atoms in total. The van der Waals surface area contributed by atoms with Crippen molar-refractivity contribution in [3.8, 4) is 5.75 Å². The van der Waals surface area contributed by atoms with E-state index in [2.05, 4.69) is 9.97 Å². The number of nitrogens with zero attached hydrogens (tertiary/aromatic N) is 3. The molecule has 108 valence electrons. The fraction of sp³-hybridized carbons (Fsp3) is 0.250. The Bertz CT molecular complexity index is 782. The molecule has 0 fully saturated rings. The van der Waals surface area contributed by atoms with Gasteiger partial charge in [0.05, 0.1) is 19.5 Å². The summed E-state index contributed by atoms with van der Waals surface area (Å²) in [6, 6.07) is 9.90. The number of benzene rings is 1. The molecule has 0 aliphatic carbocycles. The number of halogens is 1. The first-order chi connectivity index (χ1) is 10.2. The van der Waals surface area contributed by atoms with Gasteiger partial charge in [-0.2, -0.15) is 0 Å². The molecule has 2 heterocycles. The number of ether oxygens (including phenoxy) is 1. The zero-order valence-corrected chi connectivity index (χ0v) is 12.8. The van der Waals surface area contributed by atoms with Gasteiger partial charge in [0, 0.05) is 11.8 Å². The summed E-state index contributed by atoms with van der Waals surface area (Å²) >= 11 is 6.05. The standard InChI is InChI=1S/C16H16ClN3O/c1-11-7-8-18-16-15(11)19-14(9-17)20(16)10-12-5-3-4-6-13(12)21-2/h3-8H,9-10H2,1-2H3. The van der Waals surface area contributed by atoms with Gasteiger partial charge in [-0.3, -0.25) is 0 Å². The molecule has 0 radical (unpaired) electrons. The van der Waals surface area contributed by atoms with Gasteiger partial charge in [-0.1, -0.05) is 18.2 Å². The minimum absolute atomic E-state index is 0.352. The maximum absolute atomic E-state index is 6.05. The van der Waals surface area contributed by atoms with Gasteiger partial charge in [0.1, 0.15) is 17.1 Å². The van der Waals surface area contributed by atoms with Crippen LogP contribution < -0.4 is 4.74 Å². The van der Waals surface area contributed by atoms with E-state index in [4.69, 9.17) is 16.3 Å². The van der Waals surface area contributed by atoms with E-state index in [1.165, 1.54) is 0 Å². The lowest BCUT2D eigenvalue weighted by molar-refractivity contribution is 0.408. The van der Waals surface area contributed by atoms with Gasteiger partial charge in [0.2, 0.25) is 0 Å². The van der Waals surface area contributed by atoms with Crippen molar-refractivity contribution in [1.82, 2.24) is 14.5 Å². The Morgan fingerprint density at radius 3 is 2.81 bits per heavy atom. The van der Waals surface area contributed by atoms with E-state index < -0.39 is 0 Å². The SMILES string of the molecule is COc1ccccc1Cn1c(CCl)nc2c(C)ccnc21. The van der Waals surface area contributed by atoms with Crippen molar-refractivity contribution in [2.45, 2.75) is 19.3 Å². The van der Waals surface area contributed by atoms with Gasteiger partial charge in [-0.05, 0) is 24.6 Å². The Kier molecular flexibility index (Phi) is 3.80. The summed E-state index contributed by atoms with van der Waals surface area (Å²) in [7, 11) is 1.68. The second kappa shape index (κ2) is 5.74. The third kappa shape index (κ3) is 2.47. The third-order valence-electron chi connectivity index (χ3n) is 3.56. The fourth-order valence-corrected chi connectivity index (χ4v) is 2.66. The molecule has 0 spiro atoms. The summed E-state index contributed by atoms with van der Waals surface area (Å²) in [5.41, 5.74) is 3.94. The lowest BCUT2D eigenvalue weighted by Gasteiger charge is -2.11. The molecule has 0 saturated carbocycles. The number of para-hydroxylation sites is 1. The number of aromatic nitrogens is 3. The van der Waals surface area contributed by atoms with Crippen molar-refractivity contribution < 1.29 is 4.74 Å². The van der Waals surface area contributed by atoms with Crippen molar-refractivity contribution in [2.75, 3.05) is 7.11 Å². The van der Waals surface area contributed by atoms with Crippen LogP contribution in [0.4, 0.5) is 0 Å². The number of rotatable bonds is 4. The quantitative estimate of drug-likeness (QED) is 0.692. The number of hydrogen-bond acceptors (Lipinski definition) is 3. The lowest BCUT2D eigenvalue weighted by atomic mass is 10.2. The highest BCUT2D eigenvalue weighted by atomic mass is 35.5. The first kappa shape index (κ1) is 13.9. The predicted octanol–water partition coefficient (Wildman–Crippen LogP) is 3.54. The minimum atomic E-state index is 0.352. The van der Waals surface area contributed by atoms with E-state index in [1.807, 2.05) is 41.8 Å². The number of alkyl halides is 1. The molecule has 0 amide bonds. The van der Waals surface area contributed by atoms with Crippen LogP contribution >= 0.6 is 11.6 Å². The molecule has 1 aromatic carbocycles. The van der Waals surface area contributed by atoms with Crippen LogP contribution in [0, 0.1) is 6.92 Å². The highest BCUT2D eigenvalue weighted by Crippen LogP contribution is 2.24. The Morgan fingerprint density at radius 2 is 2.05 bits per heavy atom. The molecule has 0 aliphatic heterocycles. The van der Waals surface area contributed by atoms with Gasteiger partial charge >= 0.3 is 0 Å². The van der Waals surface area contributed by atoms with Gasteiger partial charge in [0.15, 0.2) is 5.65 Å². The summed E-state index contributed by atoms with van der Waals surface area (Å²) in [6.07, 6.45) is 1.80. The van der Waals surface area contributed by atoms with E-state index in [1.54, 1.807) is 13.3 Å². The van der Waals surface area contributed by atoms with E-state index in [0.717, 1.165) is 33.9 Å². The third-order valence-corrected chi connectivity index (χ3v) is 3.79. The summed E-state index contributed by atoms with van der Waals surface area (Å²) in [4.78, 5) is 9.07. The monoisotopic (exact) mass is 301 g/mol. The average molecular weight is 302 g/mol. The largest absolute Gasteiger partial charge is 0.496 e. The number of fused-ring (bicyclic) bond motifs is 1. The second-order valence-electron chi connectivity index (χ2n) is 4.86. The maximum atomic E-state index is 6.05. The molecule has 2 aromatic heterocycles. The van der Waals surface area contributed by atoms with Gasteiger partial charge in [-0.15, -0.1) is 11.6 Å². The van der Waals surface area contributed by atoms with Crippen LogP contribution in [0.15, 0.2) is 36.5 Å². The predicted molar refractivity (Wildman–Crippen MR) is 83.9 cm³/mol. The normalized spacial score (nSPS) is 11.0. The zero-order valence-electron chi connectivity index (χ0n) is 12.0. The van der Waals surface area contributed by atoms with Crippen molar-refractivity contribution in [3.05, 3.63) is 53.5 Å². The van der Waals surface area contributed by atoms with Crippen molar-refractivity contribution in [1.29, 1.82) is 0 Å². The number of methoxy groups -OCH3 is 1. The molecule has 0 N–H and O–H groups in total.